The number of hydrogen-bond acceptors (Lipinski definition) is 4. The van der Waals surface area contributed by atoms with Gasteiger partial charge in [0.25, 0.3) is 0 Å². The van der Waals surface area contributed by atoms with Gasteiger partial charge in [0, 0.05) is 29.4 Å². The van der Waals surface area contributed by atoms with E-state index in [0.717, 1.165) is 35.5 Å². The highest BCUT2D eigenvalue weighted by Crippen LogP contribution is 2.24. The van der Waals surface area contributed by atoms with Crippen molar-refractivity contribution in [1.29, 1.82) is 0 Å². The largest absolute Gasteiger partial charge is 0.372 e. The molecule has 0 saturated carbocycles. The van der Waals surface area contributed by atoms with Crippen molar-refractivity contribution in [3.63, 3.8) is 0 Å². The van der Waals surface area contributed by atoms with Crippen molar-refractivity contribution >= 4 is 22.9 Å². The molecule has 1 amide bonds. The second-order valence-corrected chi connectivity index (χ2v) is 5.62. The first-order valence-electron chi connectivity index (χ1n) is 7.17. The molecule has 2 aromatic rings. The molecule has 0 spiro atoms. The monoisotopic (exact) mass is 304 g/mol. The average Bonchev–Trinajstić information content (AvgIpc) is 3.01. The smallest absolute Gasteiger partial charge is 0.250 e. The molecular formula is C16H20N2O2S. The number of amides is 1. The molecule has 0 unspecified atom stereocenters. The van der Waals surface area contributed by atoms with E-state index in [1.807, 2.05) is 29.6 Å². The fourth-order valence-electron chi connectivity index (χ4n) is 1.91. The van der Waals surface area contributed by atoms with Crippen LogP contribution in [0.2, 0.25) is 0 Å². The Morgan fingerprint density at radius 2 is 2.29 bits per heavy atom. The highest BCUT2D eigenvalue weighted by Gasteiger charge is 2.05. The Balaban J connectivity index is 1.82. The molecule has 0 aliphatic carbocycles. The van der Waals surface area contributed by atoms with Crippen molar-refractivity contribution in [2.45, 2.75) is 26.2 Å². The predicted octanol–water partition coefficient (Wildman–Crippen LogP) is 3.96. The number of nitrogens with one attached hydrogen (secondary N) is 1. The molecule has 4 nitrogen and oxygen atoms in total. The molecule has 1 heterocycles. The number of nitrogens with zero attached hydrogens (tertiary/aromatic N) is 1. The summed E-state index contributed by atoms with van der Waals surface area (Å²) in [5, 5.41) is 5.73. The van der Waals surface area contributed by atoms with Crippen LogP contribution in [0.1, 0.15) is 26.2 Å². The fraction of sp³-hybridized carbons (Fsp3) is 0.375. The minimum Gasteiger partial charge on any atom is -0.372 e. The molecule has 21 heavy (non-hydrogen) atoms. The van der Waals surface area contributed by atoms with Crippen LogP contribution in [0.25, 0.3) is 10.6 Å². The summed E-state index contributed by atoms with van der Waals surface area (Å²) in [5.41, 5.74) is 1.77. The Labute approximate surface area is 129 Å². The van der Waals surface area contributed by atoms with Crippen LogP contribution in [0.5, 0.6) is 0 Å². The van der Waals surface area contributed by atoms with Crippen molar-refractivity contribution in [2.24, 2.45) is 0 Å². The highest BCUT2D eigenvalue weighted by atomic mass is 32.1. The van der Waals surface area contributed by atoms with Crippen molar-refractivity contribution < 1.29 is 9.53 Å². The summed E-state index contributed by atoms with van der Waals surface area (Å²) in [6, 6.07) is 7.68. The van der Waals surface area contributed by atoms with E-state index in [9.17, 15) is 4.79 Å². The van der Waals surface area contributed by atoms with Crippen LogP contribution >= 0.6 is 11.3 Å². The summed E-state index contributed by atoms with van der Waals surface area (Å²) in [6.45, 7) is 2.88. The van der Waals surface area contributed by atoms with Gasteiger partial charge in [-0.15, -0.1) is 11.3 Å². The summed E-state index contributed by atoms with van der Waals surface area (Å²) in [4.78, 5) is 16.1. The van der Waals surface area contributed by atoms with Gasteiger partial charge in [-0.1, -0.05) is 31.9 Å². The third-order valence-electron chi connectivity index (χ3n) is 2.95. The van der Waals surface area contributed by atoms with Crippen LogP contribution in [0.4, 0.5) is 5.69 Å². The molecule has 1 aromatic carbocycles. The van der Waals surface area contributed by atoms with E-state index in [2.05, 4.69) is 17.2 Å². The molecule has 0 atom stereocenters. The summed E-state index contributed by atoms with van der Waals surface area (Å²) < 4.78 is 5.35. The Hall–Kier alpha value is -1.72. The minimum atomic E-state index is -0.122. The van der Waals surface area contributed by atoms with Gasteiger partial charge in [0.15, 0.2) is 0 Å². The first-order valence-corrected chi connectivity index (χ1v) is 8.05. The molecular weight excluding hydrogens is 284 g/mol. The zero-order valence-corrected chi connectivity index (χ0v) is 13.0. The molecule has 0 aliphatic heterocycles. The SMILES string of the molecule is CCCCCOCC(=O)Nc1cccc(-c2nccs2)c1. The highest BCUT2D eigenvalue weighted by molar-refractivity contribution is 7.13. The van der Waals surface area contributed by atoms with Gasteiger partial charge in [0.2, 0.25) is 5.91 Å². The minimum absolute atomic E-state index is 0.102. The number of anilines is 1. The molecule has 0 saturated heterocycles. The third kappa shape index (κ3) is 5.28. The summed E-state index contributed by atoms with van der Waals surface area (Å²) in [7, 11) is 0. The Bertz CT molecular complexity index is 555. The molecule has 1 aromatic heterocycles. The van der Waals surface area contributed by atoms with E-state index in [1.165, 1.54) is 0 Å². The van der Waals surface area contributed by atoms with Gasteiger partial charge >= 0.3 is 0 Å². The third-order valence-corrected chi connectivity index (χ3v) is 3.77. The first kappa shape index (κ1) is 15.7. The lowest BCUT2D eigenvalue weighted by Gasteiger charge is -2.07. The number of ether oxygens (including phenoxy) is 1. The predicted molar refractivity (Wildman–Crippen MR) is 86.5 cm³/mol. The van der Waals surface area contributed by atoms with Gasteiger partial charge in [-0.2, -0.15) is 0 Å². The van der Waals surface area contributed by atoms with E-state index in [-0.39, 0.29) is 12.5 Å². The van der Waals surface area contributed by atoms with Crippen LogP contribution in [-0.4, -0.2) is 24.1 Å². The first-order chi connectivity index (χ1) is 10.3. The zero-order valence-electron chi connectivity index (χ0n) is 12.2. The number of thiazole rings is 1. The molecule has 0 aliphatic rings. The Kier molecular flexibility index (Phi) is 6.37. The van der Waals surface area contributed by atoms with E-state index >= 15 is 0 Å². The van der Waals surface area contributed by atoms with E-state index in [4.69, 9.17) is 4.74 Å². The molecule has 0 fully saturated rings. The summed E-state index contributed by atoms with van der Waals surface area (Å²) in [6.07, 6.45) is 5.06. The second kappa shape index (κ2) is 8.54. The molecule has 2 rings (SSSR count). The van der Waals surface area contributed by atoms with Crippen molar-refractivity contribution in [3.05, 3.63) is 35.8 Å². The van der Waals surface area contributed by atoms with Gasteiger partial charge < -0.3 is 10.1 Å². The van der Waals surface area contributed by atoms with Crippen molar-refractivity contribution in [2.75, 3.05) is 18.5 Å². The number of hydrogen-bond donors (Lipinski definition) is 1. The molecule has 1 N–H and O–H groups in total. The summed E-state index contributed by atoms with van der Waals surface area (Å²) >= 11 is 1.58. The standard InChI is InChI=1S/C16H20N2O2S/c1-2-3-4-9-20-12-15(19)18-14-7-5-6-13(11-14)16-17-8-10-21-16/h5-8,10-11H,2-4,9,12H2,1H3,(H,18,19). The van der Waals surface area contributed by atoms with Gasteiger partial charge in [-0.25, -0.2) is 4.98 Å². The lowest BCUT2D eigenvalue weighted by atomic mass is 10.2. The number of benzene rings is 1. The number of rotatable bonds is 8. The van der Waals surface area contributed by atoms with E-state index in [0.29, 0.717) is 6.61 Å². The Morgan fingerprint density at radius 1 is 1.38 bits per heavy atom. The quantitative estimate of drug-likeness (QED) is 0.751. The average molecular weight is 304 g/mol. The fourth-order valence-corrected chi connectivity index (χ4v) is 2.55. The van der Waals surface area contributed by atoms with Crippen LogP contribution < -0.4 is 5.32 Å². The molecule has 0 radical (unpaired) electrons. The van der Waals surface area contributed by atoms with Crippen LogP contribution in [0.15, 0.2) is 35.8 Å². The maximum Gasteiger partial charge on any atom is 0.250 e. The van der Waals surface area contributed by atoms with E-state index in [1.54, 1.807) is 17.5 Å². The summed E-state index contributed by atoms with van der Waals surface area (Å²) in [5.74, 6) is -0.122. The molecule has 112 valence electrons. The normalized spacial score (nSPS) is 10.5. The number of aromatic nitrogens is 1. The maximum atomic E-state index is 11.8. The molecule has 0 bridgehead atoms. The topological polar surface area (TPSA) is 51.2 Å². The second-order valence-electron chi connectivity index (χ2n) is 4.73. The van der Waals surface area contributed by atoms with Crippen LogP contribution in [0, 0.1) is 0 Å². The van der Waals surface area contributed by atoms with E-state index < -0.39 is 0 Å². The lowest BCUT2D eigenvalue weighted by Crippen LogP contribution is -2.18. The van der Waals surface area contributed by atoms with Crippen molar-refractivity contribution in [1.82, 2.24) is 4.98 Å². The van der Waals surface area contributed by atoms with Crippen LogP contribution in [0.3, 0.4) is 0 Å². The van der Waals surface area contributed by atoms with Gasteiger partial charge in [0.05, 0.1) is 0 Å². The van der Waals surface area contributed by atoms with Crippen molar-refractivity contribution in [3.8, 4) is 10.6 Å². The maximum absolute atomic E-state index is 11.8. The van der Waals surface area contributed by atoms with Gasteiger partial charge in [-0.05, 0) is 18.6 Å². The lowest BCUT2D eigenvalue weighted by molar-refractivity contribution is -0.120. The number of carbonyl (C=O) groups is 1. The number of unbranched alkanes of at least 4 members (excludes halogenated alkanes) is 2. The Morgan fingerprint density at radius 3 is 3.05 bits per heavy atom. The molecule has 5 heteroatoms. The van der Waals surface area contributed by atoms with Gasteiger partial charge in [0.1, 0.15) is 11.6 Å². The van der Waals surface area contributed by atoms with Crippen LogP contribution in [-0.2, 0) is 9.53 Å². The zero-order chi connectivity index (χ0) is 14.9. The van der Waals surface area contributed by atoms with Gasteiger partial charge in [-0.3, -0.25) is 4.79 Å². The number of carbonyl (C=O) groups excluding carboxylic acids is 1.